The molecule has 6 heteroatoms. The molecule has 1 amide bonds. The zero-order valence-electron chi connectivity index (χ0n) is 11.5. The first kappa shape index (κ1) is 15.0. The van der Waals surface area contributed by atoms with Gasteiger partial charge in [-0.2, -0.15) is 0 Å². The number of amides is 1. The molecule has 1 aromatic carbocycles. The van der Waals surface area contributed by atoms with Crippen LogP contribution in [0, 0.1) is 13.8 Å². The predicted octanol–water partition coefficient (Wildman–Crippen LogP) is 3.30. The Hall–Kier alpha value is -2.40. The number of nitrogens with one attached hydrogen (secondary N) is 1. The van der Waals surface area contributed by atoms with E-state index in [0.29, 0.717) is 11.3 Å². The summed E-state index contributed by atoms with van der Waals surface area (Å²) in [6, 6.07) is 7.53. The van der Waals surface area contributed by atoms with Crippen molar-refractivity contribution in [3.05, 3.63) is 57.9 Å². The minimum absolute atomic E-state index is 0.0495. The van der Waals surface area contributed by atoms with Crippen LogP contribution in [-0.4, -0.2) is 22.0 Å². The third kappa shape index (κ3) is 3.38. The fourth-order valence-electron chi connectivity index (χ4n) is 1.87. The van der Waals surface area contributed by atoms with Gasteiger partial charge in [0.05, 0.1) is 27.5 Å². The normalized spacial score (nSPS) is 10.2. The lowest BCUT2D eigenvalue weighted by atomic mass is 10.1. The number of pyridine rings is 1. The number of benzene rings is 1. The van der Waals surface area contributed by atoms with Crippen molar-refractivity contribution < 1.29 is 14.7 Å². The molecule has 0 bridgehead atoms. The Morgan fingerprint density at radius 1 is 1.19 bits per heavy atom. The molecule has 0 saturated carbocycles. The SMILES string of the molecule is Cc1ccc(C(=O)Nc2cc(C(=O)O)ccc2Cl)c(C)n1. The fraction of sp³-hybridized carbons (Fsp3) is 0.133. The minimum Gasteiger partial charge on any atom is -0.478 e. The highest BCUT2D eigenvalue weighted by Gasteiger charge is 2.13. The lowest BCUT2D eigenvalue weighted by Gasteiger charge is -2.10. The van der Waals surface area contributed by atoms with Crippen molar-refractivity contribution in [2.45, 2.75) is 13.8 Å². The van der Waals surface area contributed by atoms with E-state index in [1.807, 2.05) is 6.92 Å². The number of hydrogen-bond acceptors (Lipinski definition) is 3. The van der Waals surface area contributed by atoms with Gasteiger partial charge in [0.25, 0.3) is 5.91 Å². The van der Waals surface area contributed by atoms with E-state index < -0.39 is 5.97 Å². The van der Waals surface area contributed by atoms with E-state index >= 15 is 0 Å². The maximum atomic E-state index is 12.2. The molecule has 5 nitrogen and oxygen atoms in total. The second-order valence-electron chi connectivity index (χ2n) is 4.54. The zero-order chi connectivity index (χ0) is 15.6. The first-order valence-corrected chi connectivity index (χ1v) is 6.54. The highest BCUT2D eigenvalue weighted by atomic mass is 35.5. The highest BCUT2D eigenvalue weighted by molar-refractivity contribution is 6.34. The number of rotatable bonds is 3. The average molecular weight is 305 g/mol. The number of aryl methyl sites for hydroxylation is 2. The van der Waals surface area contributed by atoms with Crippen molar-refractivity contribution in [2.75, 3.05) is 5.32 Å². The molecule has 0 spiro atoms. The number of carboxylic acid groups (broad SMARTS) is 1. The van der Waals surface area contributed by atoms with Crippen molar-refractivity contribution in [2.24, 2.45) is 0 Å². The molecule has 0 unspecified atom stereocenters. The molecule has 1 heterocycles. The van der Waals surface area contributed by atoms with Crippen LogP contribution in [0.2, 0.25) is 5.02 Å². The molecule has 2 rings (SSSR count). The van der Waals surface area contributed by atoms with Gasteiger partial charge in [0.1, 0.15) is 0 Å². The van der Waals surface area contributed by atoms with Gasteiger partial charge < -0.3 is 10.4 Å². The van der Waals surface area contributed by atoms with Crippen LogP contribution in [0.15, 0.2) is 30.3 Å². The van der Waals surface area contributed by atoms with Crippen LogP contribution < -0.4 is 5.32 Å². The summed E-state index contributed by atoms with van der Waals surface area (Å²) in [6.45, 7) is 3.57. The molecule has 21 heavy (non-hydrogen) atoms. The molecule has 0 saturated heterocycles. The molecular weight excluding hydrogens is 292 g/mol. The minimum atomic E-state index is -1.09. The van der Waals surface area contributed by atoms with E-state index in [2.05, 4.69) is 10.3 Å². The summed E-state index contributed by atoms with van der Waals surface area (Å²) in [5, 5.41) is 11.8. The molecule has 0 aliphatic rings. The third-order valence-electron chi connectivity index (χ3n) is 2.93. The number of carboxylic acids is 1. The maximum absolute atomic E-state index is 12.2. The largest absolute Gasteiger partial charge is 0.478 e. The van der Waals surface area contributed by atoms with Gasteiger partial charge in [-0.3, -0.25) is 9.78 Å². The van der Waals surface area contributed by atoms with E-state index in [0.717, 1.165) is 5.69 Å². The summed E-state index contributed by atoms with van der Waals surface area (Å²) in [4.78, 5) is 27.4. The van der Waals surface area contributed by atoms with Gasteiger partial charge in [-0.25, -0.2) is 4.79 Å². The maximum Gasteiger partial charge on any atom is 0.335 e. The van der Waals surface area contributed by atoms with Crippen molar-refractivity contribution in [3.8, 4) is 0 Å². The van der Waals surface area contributed by atoms with E-state index in [1.54, 1.807) is 19.1 Å². The Morgan fingerprint density at radius 2 is 1.90 bits per heavy atom. The first-order valence-electron chi connectivity index (χ1n) is 6.17. The van der Waals surface area contributed by atoms with Crippen LogP contribution in [0.3, 0.4) is 0 Å². The van der Waals surface area contributed by atoms with Crippen LogP contribution in [-0.2, 0) is 0 Å². The first-order chi connectivity index (χ1) is 9.88. The van der Waals surface area contributed by atoms with Crippen LogP contribution in [0.1, 0.15) is 32.1 Å². The number of carbonyl (C=O) groups is 2. The summed E-state index contributed by atoms with van der Waals surface area (Å²) < 4.78 is 0. The number of aromatic carboxylic acids is 1. The number of hydrogen-bond donors (Lipinski definition) is 2. The highest BCUT2D eigenvalue weighted by Crippen LogP contribution is 2.24. The summed E-state index contributed by atoms with van der Waals surface area (Å²) in [7, 11) is 0. The van der Waals surface area contributed by atoms with Gasteiger partial charge in [0.2, 0.25) is 0 Å². The number of halogens is 1. The Labute approximate surface area is 126 Å². The quantitative estimate of drug-likeness (QED) is 0.912. The van der Waals surface area contributed by atoms with Gasteiger partial charge in [-0.1, -0.05) is 11.6 Å². The van der Waals surface area contributed by atoms with Crippen molar-refractivity contribution in [1.29, 1.82) is 0 Å². The standard InChI is InChI=1S/C15H13ClN2O3/c1-8-3-5-11(9(2)17-8)14(19)18-13-7-10(15(20)21)4-6-12(13)16/h3-7H,1-2H3,(H,18,19)(H,20,21). The number of anilines is 1. The van der Waals surface area contributed by atoms with Crippen molar-refractivity contribution >= 4 is 29.2 Å². The molecule has 0 fully saturated rings. The molecule has 108 valence electrons. The number of aromatic nitrogens is 1. The van der Waals surface area contributed by atoms with Crippen molar-refractivity contribution in [1.82, 2.24) is 4.98 Å². The lowest BCUT2D eigenvalue weighted by Crippen LogP contribution is -2.15. The van der Waals surface area contributed by atoms with Crippen LogP contribution in [0.5, 0.6) is 0 Å². The van der Waals surface area contributed by atoms with E-state index in [1.165, 1.54) is 18.2 Å². The van der Waals surface area contributed by atoms with Gasteiger partial charge in [-0.05, 0) is 44.2 Å². The topological polar surface area (TPSA) is 79.3 Å². The van der Waals surface area contributed by atoms with Crippen LogP contribution >= 0.6 is 11.6 Å². The average Bonchev–Trinajstić information content (AvgIpc) is 2.40. The molecule has 0 aliphatic heterocycles. The zero-order valence-corrected chi connectivity index (χ0v) is 12.2. The number of carbonyl (C=O) groups excluding carboxylic acids is 1. The smallest absolute Gasteiger partial charge is 0.335 e. The van der Waals surface area contributed by atoms with Crippen LogP contribution in [0.4, 0.5) is 5.69 Å². The van der Waals surface area contributed by atoms with E-state index in [4.69, 9.17) is 16.7 Å². The van der Waals surface area contributed by atoms with Gasteiger partial charge in [-0.15, -0.1) is 0 Å². The van der Waals surface area contributed by atoms with E-state index in [-0.39, 0.29) is 22.2 Å². The third-order valence-corrected chi connectivity index (χ3v) is 3.26. The summed E-state index contributed by atoms with van der Waals surface area (Å²) in [5.41, 5.74) is 2.13. The molecule has 1 aromatic heterocycles. The Balaban J connectivity index is 2.31. The summed E-state index contributed by atoms with van der Waals surface area (Å²) >= 11 is 5.97. The van der Waals surface area contributed by atoms with E-state index in [9.17, 15) is 9.59 Å². The Bertz CT molecular complexity index is 729. The molecule has 2 aromatic rings. The molecule has 0 radical (unpaired) electrons. The summed E-state index contributed by atoms with van der Waals surface area (Å²) in [6.07, 6.45) is 0. The van der Waals surface area contributed by atoms with Gasteiger partial charge in [0, 0.05) is 5.69 Å². The Morgan fingerprint density at radius 3 is 2.52 bits per heavy atom. The summed E-state index contributed by atoms with van der Waals surface area (Å²) in [5.74, 6) is -1.47. The molecular formula is C15H13ClN2O3. The molecule has 0 aliphatic carbocycles. The lowest BCUT2D eigenvalue weighted by molar-refractivity contribution is 0.0696. The second kappa shape index (κ2) is 5.93. The predicted molar refractivity (Wildman–Crippen MR) is 80.1 cm³/mol. The fourth-order valence-corrected chi connectivity index (χ4v) is 2.04. The Kier molecular flexibility index (Phi) is 4.23. The number of nitrogens with zero attached hydrogens (tertiary/aromatic N) is 1. The van der Waals surface area contributed by atoms with Crippen molar-refractivity contribution in [3.63, 3.8) is 0 Å². The van der Waals surface area contributed by atoms with Crippen LogP contribution in [0.25, 0.3) is 0 Å². The monoisotopic (exact) mass is 304 g/mol. The second-order valence-corrected chi connectivity index (χ2v) is 4.95. The van der Waals surface area contributed by atoms with Gasteiger partial charge in [0.15, 0.2) is 0 Å². The van der Waals surface area contributed by atoms with Gasteiger partial charge >= 0.3 is 5.97 Å². The molecule has 2 N–H and O–H groups in total. The molecule has 0 atom stereocenters.